The lowest BCUT2D eigenvalue weighted by Crippen LogP contribution is -2.49. The molecule has 0 unspecified atom stereocenters. The molecule has 0 radical (unpaired) electrons. The zero-order chi connectivity index (χ0) is 32.8. The highest BCUT2D eigenvalue weighted by atomic mass is 32.2. The van der Waals surface area contributed by atoms with Crippen molar-refractivity contribution in [3.8, 4) is 16.9 Å². The van der Waals surface area contributed by atoms with Crippen LogP contribution in [0, 0.1) is 18.0 Å². The van der Waals surface area contributed by atoms with Crippen LogP contribution in [-0.4, -0.2) is 59.9 Å². The third-order valence-corrected chi connectivity index (χ3v) is 7.50. The molecule has 1 heterocycles. The fraction of sp³-hybridized carbons (Fsp3) is 0.370. The summed E-state index contributed by atoms with van der Waals surface area (Å²) >= 11 is 0. The van der Waals surface area contributed by atoms with E-state index in [0.717, 1.165) is 40.4 Å². The van der Waals surface area contributed by atoms with Gasteiger partial charge in [-0.15, -0.1) is 5.01 Å². The van der Waals surface area contributed by atoms with Crippen molar-refractivity contribution >= 4 is 21.9 Å². The molecule has 2 aromatic carbocycles. The number of amides is 1. The number of benzene rings is 2. The highest BCUT2D eigenvalue weighted by molar-refractivity contribution is 7.90. The number of nitrogens with zero attached hydrogens (tertiary/aromatic N) is 5. The van der Waals surface area contributed by atoms with E-state index >= 15 is 0 Å². The van der Waals surface area contributed by atoms with Crippen molar-refractivity contribution in [2.75, 3.05) is 13.8 Å². The Morgan fingerprint density at radius 1 is 1.14 bits per heavy atom. The maximum absolute atomic E-state index is 13.5. The van der Waals surface area contributed by atoms with E-state index in [4.69, 9.17) is 0 Å². The first kappa shape index (κ1) is 33.8. The molecule has 1 N–H and O–H groups in total. The minimum Gasteiger partial charge on any atom is -0.569 e. The molecule has 0 spiro atoms. The van der Waals surface area contributed by atoms with Crippen LogP contribution in [0.5, 0.6) is 0 Å². The van der Waals surface area contributed by atoms with E-state index < -0.39 is 46.6 Å². The Balaban J connectivity index is 1.86. The predicted molar refractivity (Wildman–Crippen MR) is 149 cm³/mol. The van der Waals surface area contributed by atoms with Gasteiger partial charge in [-0.1, -0.05) is 43.7 Å². The summed E-state index contributed by atoms with van der Waals surface area (Å²) < 4.78 is 74.2. The average Bonchev–Trinajstić information content (AvgIpc) is 3.40. The lowest BCUT2D eigenvalue weighted by Gasteiger charge is -2.24. The molecule has 1 atom stereocenters. The van der Waals surface area contributed by atoms with Gasteiger partial charge < -0.3 is 14.8 Å². The van der Waals surface area contributed by atoms with Crippen LogP contribution in [0.15, 0.2) is 64.8 Å². The average molecular weight is 641 g/mol. The van der Waals surface area contributed by atoms with Gasteiger partial charge in [0.25, 0.3) is 22.7 Å². The number of rotatable bonds is 12. The molecule has 0 fully saturated rings. The Labute approximate surface area is 251 Å². The number of nitrogens with one attached hydrogen (secondary N) is 1. The molecule has 3 aromatic rings. The molecule has 0 aliphatic rings. The molecular formula is C27H31F3N6O7S. The first-order valence-electron chi connectivity index (χ1n) is 13.1. The molecular weight excluding hydrogens is 609 g/mol. The summed E-state index contributed by atoms with van der Waals surface area (Å²) in [6.45, 7) is 5.78. The van der Waals surface area contributed by atoms with Gasteiger partial charge in [0.15, 0.2) is 11.7 Å². The van der Waals surface area contributed by atoms with Gasteiger partial charge in [-0.05, 0) is 49.6 Å². The van der Waals surface area contributed by atoms with Gasteiger partial charge in [-0.3, -0.25) is 9.59 Å². The third kappa shape index (κ3) is 8.68. The maximum atomic E-state index is 13.5. The van der Waals surface area contributed by atoms with E-state index in [1.54, 1.807) is 38.1 Å². The van der Waals surface area contributed by atoms with Crippen molar-refractivity contribution in [1.29, 1.82) is 0 Å². The largest absolute Gasteiger partial charge is 0.569 e. The quantitative estimate of drug-likeness (QED) is 0.0759. The third-order valence-electron chi connectivity index (χ3n) is 6.13. The summed E-state index contributed by atoms with van der Waals surface area (Å²) in [6.07, 6.45) is -4.68. The number of aromatic nitrogens is 2. The minimum atomic E-state index is -4.72. The topological polar surface area (TPSA) is 158 Å². The number of esters is 1. The number of ether oxygens (including phenoxy) is 1. The molecule has 0 bridgehead atoms. The fourth-order valence-corrected chi connectivity index (χ4v) is 4.92. The zero-order valence-corrected chi connectivity index (χ0v) is 25.2. The Morgan fingerprint density at radius 3 is 2.30 bits per heavy atom. The predicted octanol–water partition coefficient (Wildman–Crippen LogP) is 4.35. The number of sulfonamides is 1. The molecule has 0 saturated carbocycles. The molecule has 17 heteroatoms. The molecule has 3 rings (SSSR count). The molecule has 1 aromatic heterocycles. The molecule has 238 valence electrons. The van der Waals surface area contributed by atoms with Crippen LogP contribution in [0.25, 0.3) is 16.9 Å². The summed E-state index contributed by atoms with van der Waals surface area (Å²) in [7, 11) is -3.30. The zero-order valence-electron chi connectivity index (χ0n) is 24.4. The van der Waals surface area contributed by atoms with Crippen LogP contribution in [-0.2, 0) is 35.4 Å². The number of carbonyl (C=O) groups excluding carboxylic acids is 2. The summed E-state index contributed by atoms with van der Waals surface area (Å²) in [5.41, 5.74) is 0.493. The van der Waals surface area contributed by atoms with Gasteiger partial charge in [0, 0.05) is 12.5 Å². The maximum Gasteiger partial charge on any atom is 0.435 e. The van der Waals surface area contributed by atoms with Crippen LogP contribution < -0.4 is 4.72 Å². The highest BCUT2D eigenvalue weighted by Gasteiger charge is 2.36. The van der Waals surface area contributed by atoms with Crippen molar-refractivity contribution in [1.82, 2.24) is 19.5 Å². The summed E-state index contributed by atoms with van der Waals surface area (Å²) in [5.74, 6) is -1.89. The second-order valence-corrected chi connectivity index (χ2v) is 11.8. The minimum absolute atomic E-state index is 0.0393. The molecule has 0 saturated heterocycles. The first-order chi connectivity index (χ1) is 20.5. The lowest BCUT2D eigenvalue weighted by molar-refractivity contribution is -0.711. The molecule has 0 aliphatic carbocycles. The number of aryl methyl sites for hydroxylation is 1. The van der Waals surface area contributed by atoms with Crippen molar-refractivity contribution in [3.05, 3.63) is 71.1 Å². The van der Waals surface area contributed by atoms with E-state index in [2.05, 4.69) is 20.0 Å². The number of hydrazine groups is 1. The lowest BCUT2D eigenvalue weighted by atomic mass is 10.0. The fourth-order valence-electron chi connectivity index (χ4n) is 3.91. The van der Waals surface area contributed by atoms with Crippen LogP contribution in [0.3, 0.4) is 0 Å². The van der Waals surface area contributed by atoms with Crippen LogP contribution in [0.2, 0.25) is 0 Å². The summed E-state index contributed by atoms with van der Waals surface area (Å²) in [5, 5.41) is 20.0. The molecule has 44 heavy (non-hydrogen) atoms. The molecule has 0 aliphatic heterocycles. The number of carbonyl (C=O) groups is 2. The van der Waals surface area contributed by atoms with Gasteiger partial charge in [0.05, 0.1) is 28.3 Å². The second kappa shape index (κ2) is 13.7. The van der Waals surface area contributed by atoms with E-state index in [1.807, 2.05) is 11.6 Å². The number of alkyl halides is 3. The van der Waals surface area contributed by atoms with E-state index in [-0.39, 0.29) is 33.6 Å². The Morgan fingerprint density at radius 2 is 1.75 bits per heavy atom. The van der Waals surface area contributed by atoms with Crippen molar-refractivity contribution in [2.24, 2.45) is 11.2 Å². The monoisotopic (exact) mass is 640 g/mol. The normalized spacial score (nSPS) is 13.0. The molecule has 1 amide bonds. The van der Waals surface area contributed by atoms with Crippen molar-refractivity contribution < 1.29 is 45.7 Å². The van der Waals surface area contributed by atoms with Crippen LogP contribution >= 0.6 is 0 Å². The standard InChI is InChI=1S/C27H31F3N6O7S/c1-17(2)14-24(34(5)36(39)33-43-16-42-19(4)37)26(38)32-44(40,41)22-12-10-21(11-13-22)35-23(15-25(31-35)27(28,29)30)20-8-6-18(3)7-9-20/h6-13,15,17,24H,14,16H2,1-5H3,(H,32,38)/t24-/m0/s1. The highest BCUT2D eigenvalue weighted by Crippen LogP contribution is 2.33. The van der Waals surface area contributed by atoms with E-state index in [0.29, 0.717) is 5.56 Å². The van der Waals surface area contributed by atoms with Gasteiger partial charge in [-0.2, -0.15) is 18.3 Å². The van der Waals surface area contributed by atoms with Crippen molar-refractivity contribution in [3.63, 3.8) is 0 Å². The van der Waals surface area contributed by atoms with Gasteiger partial charge in [-0.25, -0.2) is 17.8 Å². The second-order valence-electron chi connectivity index (χ2n) is 10.1. The van der Waals surface area contributed by atoms with E-state index in [9.17, 15) is 36.4 Å². The van der Waals surface area contributed by atoms with E-state index in [1.165, 1.54) is 19.2 Å². The van der Waals surface area contributed by atoms with Crippen LogP contribution in [0.1, 0.15) is 38.4 Å². The Bertz CT molecular complexity index is 1610. The van der Waals surface area contributed by atoms with Gasteiger partial charge in [0.1, 0.15) is 0 Å². The van der Waals surface area contributed by atoms with Crippen LogP contribution in [0.4, 0.5) is 13.2 Å². The smallest absolute Gasteiger partial charge is 0.435 e. The van der Waals surface area contributed by atoms with Gasteiger partial charge >= 0.3 is 12.1 Å². The SMILES string of the molecule is CC(=O)OCON=[N+]([O-])N(C)[C@@H](CC(C)C)C(=O)NS(=O)(=O)c1ccc(-n2nc(C(F)(F)F)cc2-c2ccc(C)cc2)cc1. The Hall–Kier alpha value is -4.67. The number of likely N-dealkylation sites (N-methyl/N-ethyl adjacent to an activating group) is 1. The number of hydrogen-bond donors (Lipinski definition) is 1. The molecule has 13 nitrogen and oxygen atoms in total. The Kier molecular flexibility index (Phi) is 10.6. The number of hydrogen-bond acceptors (Lipinski definition) is 9. The summed E-state index contributed by atoms with van der Waals surface area (Å²) in [6, 6.07) is 11.1. The number of halogens is 3. The van der Waals surface area contributed by atoms with Crippen molar-refractivity contribution in [2.45, 2.75) is 51.2 Å². The van der Waals surface area contributed by atoms with Gasteiger partial charge in [0.2, 0.25) is 5.28 Å². The summed E-state index contributed by atoms with van der Waals surface area (Å²) in [4.78, 5) is 28.0. The first-order valence-corrected chi connectivity index (χ1v) is 14.6.